The Morgan fingerprint density at radius 1 is 1.05 bits per heavy atom. The number of para-hydroxylation sites is 1. The van der Waals surface area contributed by atoms with Gasteiger partial charge in [0.25, 0.3) is 0 Å². The Morgan fingerprint density at radius 3 is 2.25 bits per heavy atom. The van der Waals surface area contributed by atoms with E-state index in [1.807, 2.05) is 68.4 Å². The van der Waals surface area contributed by atoms with E-state index in [0.717, 1.165) is 17.0 Å². The van der Waals surface area contributed by atoms with Gasteiger partial charge in [-0.15, -0.1) is 0 Å². The third-order valence-corrected chi connectivity index (χ3v) is 3.31. The van der Waals surface area contributed by atoms with E-state index < -0.39 is 5.54 Å². The smallest absolute Gasteiger partial charge is 0.119 e. The highest BCUT2D eigenvalue weighted by molar-refractivity contribution is 5.48. The first-order chi connectivity index (χ1) is 9.68. The van der Waals surface area contributed by atoms with Crippen molar-refractivity contribution in [3.05, 3.63) is 60.2 Å². The zero-order valence-corrected chi connectivity index (χ0v) is 12.0. The molecule has 3 nitrogen and oxygen atoms in total. The van der Waals surface area contributed by atoms with E-state index in [-0.39, 0.29) is 6.61 Å². The number of aliphatic hydroxyl groups excluding tert-OH is 1. The highest BCUT2D eigenvalue weighted by atomic mass is 16.5. The highest BCUT2D eigenvalue weighted by Gasteiger charge is 2.25. The van der Waals surface area contributed by atoms with Gasteiger partial charge < -0.3 is 15.2 Å². The van der Waals surface area contributed by atoms with Crippen molar-refractivity contribution in [1.82, 2.24) is 0 Å². The lowest BCUT2D eigenvalue weighted by molar-refractivity contribution is 0.224. The third-order valence-electron chi connectivity index (χ3n) is 3.31. The third kappa shape index (κ3) is 3.31. The van der Waals surface area contributed by atoms with Gasteiger partial charge in [0.15, 0.2) is 0 Å². The first-order valence-corrected chi connectivity index (χ1v) is 6.85. The molecule has 0 saturated heterocycles. The molecule has 2 rings (SSSR count). The number of rotatable bonds is 6. The molecule has 20 heavy (non-hydrogen) atoms. The van der Waals surface area contributed by atoms with Gasteiger partial charge in [0, 0.05) is 5.69 Å². The Labute approximate surface area is 120 Å². The van der Waals surface area contributed by atoms with Crippen molar-refractivity contribution in [1.29, 1.82) is 0 Å². The summed E-state index contributed by atoms with van der Waals surface area (Å²) < 4.78 is 5.44. The predicted octanol–water partition coefficient (Wildman–Crippen LogP) is 3.40. The minimum atomic E-state index is -0.522. The Kier molecular flexibility index (Phi) is 4.64. The van der Waals surface area contributed by atoms with E-state index in [2.05, 4.69) is 5.32 Å². The molecule has 106 valence electrons. The van der Waals surface area contributed by atoms with E-state index >= 15 is 0 Å². The van der Waals surface area contributed by atoms with E-state index in [4.69, 9.17) is 4.74 Å². The van der Waals surface area contributed by atoms with E-state index in [1.54, 1.807) is 0 Å². The number of hydrogen-bond acceptors (Lipinski definition) is 3. The fraction of sp³-hybridized carbons (Fsp3) is 0.294. The summed E-state index contributed by atoms with van der Waals surface area (Å²) in [5.41, 5.74) is 1.48. The summed E-state index contributed by atoms with van der Waals surface area (Å²) in [6.45, 7) is 4.60. The fourth-order valence-electron chi connectivity index (χ4n) is 2.13. The second-order valence-electron chi connectivity index (χ2n) is 4.94. The van der Waals surface area contributed by atoms with Crippen LogP contribution >= 0.6 is 0 Å². The average molecular weight is 271 g/mol. The molecule has 1 unspecified atom stereocenters. The maximum Gasteiger partial charge on any atom is 0.119 e. The number of nitrogens with one attached hydrogen (secondary N) is 1. The summed E-state index contributed by atoms with van der Waals surface area (Å²) >= 11 is 0. The number of ether oxygens (including phenoxy) is 1. The quantitative estimate of drug-likeness (QED) is 0.846. The van der Waals surface area contributed by atoms with Crippen LogP contribution in [0.15, 0.2) is 54.6 Å². The van der Waals surface area contributed by atoms with Crippen molar-refractivity contribution in [3.8, 4) is 5.75 Å². The van der Waals surface area contributed by atoms with Crippen LogP contribution < -0.4 is 10.1 Å². The summed E-state index contributed by atoms with van der Waals surface area (Å²) in [5.74, 6) is 0.844. The number of benzene rings is 2. The van der Waals surface area contributed by atoms with Crippen molar-refractivity contribution in [2.45, 2.75) is 19.4 Å². The summed E-state index contributed by atoms with van der Waals surface area (Å²) in [6.07, 6.45) is 0. The molecule has 2 N–H and O–H groups in total. The maximum absolute atomic E-state index is 9.78. The molecule has 0 heterocycles. The minimum Gasteiger partial charge on any atom is -0.494 e. The molecule has 2 aromatic rings. The maximum atomic E-state index is 9.78. The van der Waals surface area contributed by atoms with Gasteiger partial charge in [-0.25, -0.2) is 0 Å². The number of hydrogen-bond donors (Lipinski definition) is 2. The molecule has 2 aromatic carbocycles. The zero-order chi connectivity index (χ0) is 14.4. The van der Waals surface area contributed by atoms with E-state index in [1.165, 1.54) is 0 Å². The van der Waals surface area contributed by atoms with Gasteiger partial charge in [0.05, 0.1) is 18.8 Å². The van der Waals surface area contributed by atoms with Crippen LogP contribution in [0.2, 0.25) is 0 Å². The lowest BCUT2D eigenvalue weighted by atomic mass is 9.92. The average Bonchev–Trinajstić information content (AvgIpc) is 2.49. The molecule has 0 saturated carbocycles. The summed E-state index contributed by atoms with van der Waals surface area (Å²) in [4.78, 5) is 0. The molecule has 0 aliphatic carbocycles. The molecular weight excluding hydrogens is 250 g/mol. The lowest BCUT2D eigenvalue weighted by Gasteiger charge is -2.30. The SMILES string of the molecule is CCOc1ccc(C(C)(CO)Nc2ccccc2)cc1. The van der Waals surface area contributed by atoms with Gasteiger partial charge >= 0.3 is 0 Å². The molecule has 0 radical (unpaired) electrons. The van der Waals surface area contributed by atoms with Gasteiger partial charge in [-0.2, -0.15) is 0 Å². The Bertz CT molecular complexity index is 524. The number of anilines is 1. The largest absolute Gasteiger partial charge is 0.494 e. The topological polar surface area (TPSA) is 41.5 Å². The van der Waals surface area contributed by atoms with Crippen LogP contribution in [0.4, 0.5) is 5.69 Å². The Balaban J connectivity index is 2.21. The molecule has 0 fully saturated rings. The van der Waals surface area contributed by atoms with Gasteiger partial charge in [-0.05, 0) is 43.7 Å². The monoisotopic (exact) mass is 271 g/mol. The van der Waals surface area contributed by atoms with Crippen LogP contribution in [0.1, 0.15) is 19.4 Å². The lowest BCUT2D eigenvalue weighted by Crippen LogP contribution is -2.35. The zero-order valence-electron chi connectivity index (χ0n) is 12.0. The van der Waals surface area contributed by atoms with Crippen molar-refractivity contribution < 1.29 is 9.84 Å². The molecule has 0 aliphatic heterocycles. The van der Waals surface area contributed by atoms with Gasteiger partial charge in [0.2, 0.25) is 0 Å². The van der Waals surface area contributed by atoms with Crippen LogP contribution in [-0.2, 0) is 5.54 Å². The first-order valence-electron chi connectivity index (χ1n) is 6.85. The summed E-state index contributed by atoms with van der Waals surface area (Å²) in [6, 6.07) is 17.7. The molecule has 0 spiro atoms. The van der Waals surface area contributed by atoms with Crippen molar-refractivity contribution >= 4 is 5.69 Å². The second kappa shape index (κ2) is 6.44. The molecular formula is C17H21NO2. The van der Waals surface area contributed by atoms with Crippen LogP contribution in [0, 0.1) is 0 Å². The Morgan fingerprint density at radius 2 is 1.70 bits per heavy atom. The van der Waals surface area contributed by atoms with Crippen molar-refractivity contribution in [2.24, 2.45) is 0 Å². The predicted molar refractivity (Wildman–Crippen MR) is 82.1 cm³/mol. The van der Waals surface area contributed by atoms with Crippen LogP contribution in [-0.4, -0.2) is 18.3 Å². The van der Waals surface area contributed by atoms with Crippen LogP contribution in [0.5, 0.6) is 5.75 Å². The van der Waals surface area contributed by atoms with Crippen molar-refractivity contribution in [2.75, 3.05) is 18.5 Å². The van der Waals surface area contributed by atoms with Gasteiger partial charge in [-0.1, -0.05) is 30.3 Å². The van der Waals surface area contributed by atoms with Crippen LogP contribution in [0.25, 0.3) is 0 Å². The molecule has 0 bridgehead atoms. The normalized spacial score (nSPS) is 13.6. The van der Waals surface area contributed by atoms with Gasteiger partial charge in [0.1, 0.15) is 5.75 Å². The van der Waals surface area contributed by atoms with Gasteiger partial charge in [-0.3, -0.25) is 0 Å². The molecule has 3 heteroatoms. The molecule has 0 aliphatic rings. The second-order valence-corrected chi connectivity index (χ2v) is 4.94. The molecule has 0 aromatic heterocycles. The van der Waals surface area contributed by atoms with Crippen LogP contribution in [0.3, 0.4) is 0 Å². The van der Waals surface area contributed by atoms with E-state index in [9.17, 15) is 5.11 Å². The standard InChI is InChI=1S/C17H21NO2/c1-3-20-16-11-9-14(10-12-16)17(2,13-19)18-15-7-5-4-6-8-15/h4-12,18-19H,3,13H2,1-2H3. The summed E-state index contributed by atoms with van der Waals surface area (Å²) in [7, 11) is 0. The number of aliphatic hydroxyl groups is 1. The Hall–Kier alpha value is -2.00. The first kappa shape index (κ1) is 14.4. The van der Waals surface area contributed by atoms with E-state index in [0.29, 0.717) is 6.61 Å². The fourth-order valence-corrected chi connectivity index (χ4v) is 2.13. The minimum absolute atomic E-state index is 0.00980. The molecule has 1 atom stereocenters. The summed E-state index contributed by atoms with van der Waals surface area (Å²) in [5, 5.41) is 13.2. The van der Waals surface area contributed by atoms with Crippen molar-refractivity contribution in [3.63, 3.8) is 0 Å². The highest BCUT2D eigenvalue weighted by Crippen LogP contribution is 2.27. The molecule has 0 amide bonds.